The van der Waals surface area contributed by atoms with Crippen molar-refractivity contribution in [3.05, 3.63) is 0 Å². The number of rotatable bonds is 4. The van der Waals surface area contributed by atoms with E-state index >= 15 is 0 Å². The van der Waals surface area contributed by atoms with Gasteiger partial charge < -0.3 is 15.4 Å². The Morgan fingerprint density at radius 2 is 2.21 bits per heavy atom. The Morgan fingerprint density at radius 3 is 2.86 bits per heavy atom. The quantitative estimate of drug-likeness (QED) is 0.704. The number of carbonyl (C=O) groups is 1. The zero-order chi connectivity index (χ0) is 9.80. The molecular formula is C10H18N2O2. The van der Waals surface area contributed by atoms with Crippen LogP contribution in [-0.4, -0.2) is 31.8 Å². The molecule has 1 unspecified atom stereocenters. The maximum absolute atomic E-state index is 11.3. The summed E-state index contributed by atoms with van der Waals surface area (Å²) in [7, 11) is 0. The summed E-state index contributed by atoms with van der Waals surface area (Å²) >= 11 is 0. The molecule has 80 valence electrons. The summed E-state index contributed by atoms with van der Waals surface area (Å²) in [4.78, 5) is 11.3. The van der Waals surface area contributed by atoms with E-state index < -0.39 is 0 Å². The fraction of sp³-hybridized carbons (Fsp3) is 0.900. The summed E-state index contributed by atoms with van der Waals surface area (Å²) in [6.07, 6.45) is 4.77. The van der Waals surface area contributed by atoms with Crippen molar-refractivity contribution in [1.29, 1.82) is 0 Å². The number of hydrogen-bond acceptors (Lipinski definition) is 2. The van der Waals surface area contributed by atoms with Gasteiger partial charge in [-0.3, -0.25) is 0 Å². The topological polar surface area (TPSA) is 50.4 Å². The summed E-state index contributed by atoms with van der Waals surface area (Å²) in [5, 5.41) is 5.77. The molecule has 1 aliphatic heterocycles. The van der Waals surface area contributed by atoms with Gasteiger partial charge in [0.1, 0.15) is 0 Å². The average Bonchev–Trinajstić information content (AvgIpc) is 2.83. The molecule has 1 heterocycles. The standard InChI is InChI=1S/C10H18N2O2/c13-10(11-5-3-8-1-2-8)12-9-4-6-14-7-9/h8-9H,1-7H2,(H2,11,12,13). The third-order valence-corrected chi connectivity index (χ3v) is 2.80. The largest absolute Gasteiger partial charge is 0.379 e. The van der Waals surface area contributed by atoms with E-state index in [9.17, 15) is 4.79 Å². The van der Waals surface area contributed by atoms with Gasteiger partial charge in [0.15, 0.2) is 0 Å². The zero-order valence-corrected chi connectivity index (χ0v) is 8.42. The van der Waals surface area contributed by atoms with Crippen LogP contribution in [0, 0.1) is 5.92 Å². The first-order valence-corrected chi connectivity index (χ1v) is 5.46. The molecule has 0 aromatic rings. The molecule has 1 atom stereocenters. The number of amides is 2. The lowest BCUT2D eigenvalue weighted by Gasteiger charge is -2.11. The molecule has 0 aromatic carbocycles. The van der Waals surface area contributed by atoms with Crippen LogP contribution >= 0.6 is 0 Å². The van der Waals surface area contributed by atoms with Gasteiger partial charge in [0.2, 0.25) is 0 Å². The molecule has 2 rings (SSSR count). The molecule has 0 radical (unpaired) electrons. The van der Waals surface area contributed by atoms with Crippen LogP contribution in [0.15, 0.2) is 0 Å². The monoisotopic (exact) mass is 198 g/mol. The molecule has 1 saturated heterocycles. The summed E-state index contributed by atoms with van der Waals surface area (Å²) in [6, 6.07) is 0.178. The molecular weight excluding hydrogens is 180 g/mol. The van der Waals surface area contributed by atoms with E-state index in [0.29, 0.717) is 6.61 Å². The van der Waals surface area contributed by atoms with Gasteiger partial charge in [-0.15, -0.1) is 0 Å². The molecule has 2 amide bonds. The summed E-state index contributed by atoms with van der Waals surface area (Å²) < 4.78 is 5.17. The van der Waals surface area contributed by atoms with Crippen molar-refractivity contribution in [3.8, 4) is 0 Å². The molecule has 0 spiro atoms. The van der Waals surface area contributed by atoms with E-state index in [-0.39, 0.29) is 12.1 Å². The second kappa shape index (κ2) is 4.64. The fourth-order valence-electron chi connectivity index (χ4n) is 1.68. The second-order valence-electron chi connectivity index (χ2n) is 4.19. The highest BCUT2D eigenvalue weighted by atomic mass is 16.5. The van der Waals surface area contributed by atoms with Crippen LogP contribution in [0.25, 0.3) is 0 Å². The van der Waals surface area contributed by atoms with Gasteiger partial charge in [0.25, 0.3) is 0 Å². The van der Waals surface area contributed by atoms with Crippen molar-refractivity contribution < 1.29 is 9.53 Å². The van der Waals surface area contributed by atoms with E-state index in [2.05, 4.69) is 10.6 Å². The predicted octanol–water partition coefficient (Wildman–Crippen LogP) is 0.875. The van der Waals surface area contributed by atoms with Gasteiger partial charge in [-0.05, 0) is 18.8 Å². The lowest BCUT2D eigenvalue weighted by Crippen LogP contribution is -2.42. The van der Waals surface area contributed by atoms with Crippen molar-refractivity contribution in [2.45, 2.75) is 31.7 Å². The van der Waals surface area contributed by atoms with Crippen molar-refractivity contribution >= 4 is 6.03 Å². The lowest BCUT2D eigenvalue weighted by molar-refractivity contribution is 0.188. The van der Waals surface area contributed by atoms with E-state index in [1.165, 1.54) is 12.8 Å². The molecule has 1 aliphatic carbocycles. The van der Waals surface area contributed by atoms with Crippen LogP contribution in [0.2, 0.25) is 0 Å². The SMILES string of the molecule is O=C(NCCC1CC1)NC1CCOC1. The second-order valence-corrected chi connectivity index (χ2v) is 4.19. The molecule has 14 heavy (non-hydrogen) atoms. The Morgan fingerprint density at radius 1 is 1.36 bits per heavy atom. The summed E-state index contributed by atoms with van der Waals surface area (Å²) in [5.41, 5.74) is 0. The van der Waals surface area contributed by atoms with Crippen molar-refractivity contribution in [1.82, 2.24) is 10.6 Å². The molecule has 2 N–H and O–H groups in total. The van der Waals surface area contributed by atoms with Gasteiger partial charge in [0, 0.05) is 13.2 Å². The Labute approximate surface area is 84.4 Å². The summed E-state index contributed by atoms with van der Waals surface area (Å²) in [5.74, 6) is 0.880. The first-order valence-electron chi connectivity index (χ1n) is 5.46. The van der Waals surface area contributed by atoms with Crippen LogP contribution in [0.1, 0.15) is 25.7 Å². The van der Waals surface area contributed by atoms with Gasteiger partial charge in [0.05, 0.1) is 12.6 Å². The number of hydrogen-bond donors (Lipinski definition) is 2. The van der Waals surface area contributed by atoms with Crippen molar-refractivity contribution in [3.63, 3.8) is 0 Å². The Balaban J connectivity index is 1.53. The minimum absolute atomic E-state index is 0.0406. The first-order chi connectivity index (χ1) is 6.84. The Kier molecular flexibility index (Phi) is 3.24. The van der Waals surface area contributed by atoms with E-state index in [1.807, 2.05) is 0 Å². The van der Waals surface area contributed by atoms with Gasteiger partial charge >= 0.3 is 6.03 Å². The third-order valence-electron chi connectivity index (χ3n) is 2.80. The molecule has 4 nitrogen and oxygen atoms in total. The molecule has 4 heteroatoms. The van der Waals surface area contributed by atoms with Gasteiger partial charge in [-0.2, -0.15) is 0 Å². The minimum atomic E-state index is -0.0406. The zero-order valence-electron chi connectivity index (χ0n) is 8.42. The highest BCUT2D eigenvalue weighted by Crippen LogP contribution is 2.31. The molecule has 2 fully saturated rings. The Bertz CT molecular complexity index is 198. The third kappa shape index (κ3) is 3.18. The summed E-state index contributed by atoms with van der Waals surface area (Å²) in [6.45, 7) is 2.24. The predicted molar refractivity (Wildman–Crippen MR) is 53.1 cm³/mol. The molecule has 2 aliphatic rings. The minimum Gasteiger partial charge on any atom is -0.379 e. The number of urea groups is 1. The van der Waals surface area contributed by atoms with Gasteiger partial charge in [-0.1, -0.05) is 12.8 Å². The fourth-order valence-corrected chi connectivity index (χ4v) is 1.68. The molecule has 0 bridgehead atoms. The normalized spacial score (nSPS) is 26.1. The highest BCUT2D eigenvalue weighted by molar-refractivity contribution is 5.74. The maximum Gasteiger partial charge on any atom is 0.315 e. The smallest absolute Gasteiger partial charge is 0.315 e. The molecule has 0 aromatic heterocycles. The number of carbonyl (C=O) groups excluding carboxylic acids is 1. The van der Waals surface area contributed by atoms with Crippen LogP contribution < -0.4 is 10.6 Å². The maximum atomic E-state index is 11.3. The van der Waals surface area contributed by atoms with Gasteiger partial charge in [-0.25, -0.2) is 4.79 Å². The number of ether oxygens (including phenoxy) is 1. The van der Waals surface area contributed by atoms with Crippen molar-refractivity contribution in [2.75, 3.05) is 19.8 Å². The average molecular weight is 198 g/mol. The highest BCUT2D eigenvalue weighted by Gasteiger charge is 2.21. The van der Waals surface area contributed by atoms with E-state index in [1.54, 1.807) is 0 Å². The van der Waals surface area contributed by atoms with E-state index in [4.69, 9.17) is 4.74 Å². The molecule has 1 saturated carbocycles. The lowest BCUT2D eigenvalue weighted by atomic mass is 10.3. The van der Waals surface area contributed by atoms with E-state index in [0.717, 1.165) is 31.9 Å². The Hall–Kier alpha value is -0.770. The van der Waals surface area contributed by atoms with Crippen molar-refractivity contribution in [2.24, 2.45) is 5.92 Å². The van der Waals surface area contributed by atoms with Crippen LogP contribution in [0.5, 0.6) is 0 Å². The number of nitrogens with one attached hydrogen (secondary N) is 2. The van der Waals surface area contributed by atoms with Crippen LogP contribution in [0.4, 0.5) is 4.79 Å². The first kappa shape index (κ1) is 9.77. The van der Waals surface area contributed by atoms with Crippen LogP contribution in [-0.2, 0) is 4.74 Å². The van der Waals surface area contributed by atoms with Crippen LogP contribution in [0.3, 0.4) is 0 Å².